The quantitative estimate of drug-likeness (QED) is 0.449. The Morgan fingerprint density at radius 1 is 1.11 bits per heavy atom. The number of benzene rings is 2. The zero-order valence-corrected chi connectivity index (χ0v) is 18.5. The number of fused-ring (bicyclic) bond motifs is 3. The third kappa shape index (κ3) is 4.14. The van der Waals surface area contributed by atoms with Crippen LogP contribution in [-0.4, -0.2) is 38.9 Å². The normalized spacial score (nSPS) is 13.3. The largest absolute Gasteiger partial charge is 0.465 e. The van der Waals surface area contributed by atoms with Crippen molar-refractivity contribution in [2.24, 2.45) is 0 Å². The third-order valence-electron chi connectivity index (χ3n) is 4.59. The van der Waals surface area contributed by atoms with Crippen LogP contribution in [0.3, 0.4) is 0 Å². The molecule has 27 heavy (non-hydrogen) atoms. The Morgan fingerprint density at radius 2 is 1.59 bits per heavy atom. The molecule has 0 saturated carbocycles. The van der Waals surface area contributed by atoms with Gasteiger partial charge in [-0.2, -0.15) is 0 Å². The van der Waals surface area contributed by atoms with Crippen LogP contribution in [0.4, 0.5) is 9.18 Å². The Morgan fingerprint density at radius 3 is 2.00 bits per heavy atom. The van der Waals surface area contributed by atoms with Crippen molar-refractivity contribution < 1.29 is 14.3 Å². The van der Waals surface area contributed by atoms with Crippen molar-refractivity contribution in [1.82, 2.24) is 9.47 Å². The second-order valence-corrected chi connectivity index (χ2v) is 9.43. The second-order valence-electron chi connectivity index (χ2n) is 7.59. The zero-order chi connectivity index (χ0) is 19.9. The first-order valence-electron chi connectivity index (χ1n) is 8.59. The Hall–Kier alpha value is -1.60. The van der Waals surface area contributed by atoms with Crippen LogP contribution in [0.5, 0.6) is 0 Å². The number of carboxylic acid groups (broad SMARTS) is 1. The summed E-state index contributed by atoms with van der Waals surface area (Å²) in [6.45, 7) is 5.21. The average Bonchev–Trinajstić information content (AvgIpc) is 2.84. The highest BCUT2D eigenvalue weighted by molar-refractivity contribution is 9.10. The van der Waals surface area contributed by atoms with Crippen LogP contribution in [0.15, 0.2) is 45.3 Å². The van der Waals surface area contributed by atoms with Crippen LogP contribution >= 0.6 is 31.9 Å². The third-order valence-corrected chi connectivity index (χ3v) is 5.58. The van der Waals surface area contributed by atoms with Gasteiger partial charge in [0, 0.05) is 36.3 Å². The maximum Gasteiger partial charge on any atom is 0.407 e. The molecule has 4 nitrogen and oxygen atoms in total. The molecular weight excluding hydrogens is 479 g/mol. The van der Waals surface area contributed by atoms with Gasteiger partial charge in [-0.25, -0.2) is 9.18 Å². The summed E-state index contributed by atoms with van der Waals surface area (Å²) < 4.78 is 18.8. The summed E-state index contributed by atoms with van der Waals surface area (Å²) in [7, 11) is 0. The predicted molar refractivity (Wildman–Crippen MR) is 114 cm³/mol. The number of nitrogens with zero attached hydrogens (tertiary/aromatic N) is 2. The molecule has 144 valence electrons. The first kappa shape index (κ1) is 20.1. The van der Waals surface area contributed by atoms with Crippen LogP contribution in [0.25, 0.3) is 21.8 Å². The van der Waals surface area contributed by atoms with Crippen molar-refractivity contribution in [3.05, 3.63) is 45.3 Å². The highest BCUT2D eigenvalue weighted by Gasteiger charge is 2.29. The van der Waals surface area contributed by atoms with Crippen molar-refractivity contribution in [2.45, 2.75) is 39.0 Å². The fourth-order valence-electron chi connectivity index (χ4n) is 3.34. The molecule has 2 aromatic carbocycles. The highest BCUT2D eigenvalue weighted by atomic mass is 79.9. The SMILES string of the molecule is CC(C)(C)N(CC(F)Cn1c2ccc(Br)cc2c2cc(Br)ccc21)C(=O)O. The summed E-state index contributed by atoms with van der Waals surface area (Å²) in [5, 5.41) is 11.5. The molecule has 3 rings (SSSR count). The molecule has 7 heteroatoms. The van der Waals surface area contributed by atoms with E-state index in [1.807, 2.05) is 41.0 Å². The zero-order valence-electron chi connectivity index (χ0n) is 15.3. The summed E-state index contributed by atoms with van der Waals surface area (Å²) in [6.07, 6.45) is -2.44. The minimum Gasteiger partial charge on any atom is -0.465 e. The van der Waals surface area contributed by atoms with Crippen LogP contribution in [-0.2, 0) is 6.54 Å². The number of rotatable bonds is 4. The van der Waals surface area contributed by atoms with Gasteiger partial charge in [0.1, 0.15) is 6.17 Å². The topological polar surface area (TPSA) is 45.5 Å². The van der Waals surface area contributed by atoms with E-state index in [-0.39, 0.29) is 13.1 Å². The highest BCUT2D eigenvalue weighted by Crippen LogP contribution is 2.33. The smallest absolute Gasteiger partial charge is 0.407 e. The number of aromatic nitrogens is 1. The van der Waals surface area contributed by atoms with Gasteiger partial charge in [0.05, 0.1) is 13.1 Å². The molecule has 0 aliphatic rings. The molecule has 0 spiro atoms. The Bertz CT molecular complexity index is 951. The fourth-order valence-corrected chi connectivity index (χ4v) is 4.06. The molecule has 0 aliphatic carbocycles. The van der Waals surface area contributed by atoms with Crippen LogP contribution < -0.4 is 0 Å². The summed E-state index contributed by atoms with van der Waals surface area (Å²) in [5.74, 6) is 0. The molecule has 0 bridgehead atoms. The monoisotopic (exact) mass is 498 g/mol. The number of carbonyl (C=O) groups is 1. The maximum atomic E-state index is 15.0. The number of amides is 1. The number of hydrogen-bond acceptors (Lipinski definition) is 1. The van der Waals surface area contributed by atoms with Crippen molar-refractivity contribution >= 4 is 59.8 Å². The van der Waals surface area contributed by atoms with Gasteiger partial charge in [0.25, 0.3) is 0 Å². The van der Waals surface area contributed by atoms with E-state index in [1.54, 1.807) is 20.8 Å². The summed E-state index contributed by atoms with van der Waals surface area (Å²) in [6, 6.07) is 11.8. The van der Waals surface area contributed by atoms with Crippen molar-refractivity contribution in [3.63, 3.8) is 0 Å². The number of halogens is 3. The van der Waals surface area contributed by atoms with Gasteiger partial charge >= 0.3 is 6.09 Å². The van der Waals surface area contributed by atoms with Gasteiger partial charge in [-0.1, -0.05) is 31.9 Å². The summed E-state index contributed by atoms with van der Waals surface area (Å²) >= 11 is 7.00. The van der Waals surface area contributed by atoms with E-state index in [9.17, 15) is 14.3 Å². The Kier molecular flexibility index (Phi) is 5.54. The van der Waals surface area contributed by atoms with E-state index in [1.165, 1.54) is 0 Å². The molecule has 0 saturated heterocycles. The van der Waals surface area contributed by atoms with Crippen molar-refractivity contribution in [2.75, 3.05) is 6.54 Å². The van der Waals surface area contributed by atoms with E-state index >= 15 is 0 Å². The van der Waals surface area contributed by atoms with E-state index in [2.05, 4.69) is 31.9 Å². The van der Waals surface area contributed by atoms with Gasteiger partial charge in [-0.05, 0) is 57.2 Å². The van der Waals surface area contributed by atoms with E-state index in [0.717, 1.165) is 35.7 Å². The lowest BCUT2D eigenvalue weighted by molar-refractivity contribution is 0.0781. The fraction of sp³-hybridized carbons (Fsp3) is 0.350. The van der Waals surface area contributed by atoms with Crippen molar-refractivity contribution in [3.8, 4) is 0 Å². The first-order valence-corrected chi connectivity index (χ1v) is 10.2. The molecule has 1 atom stereocenters. The molecule has 0 radical (unpaired) electrons. The molecule has 1 unspecified atom stereocenters. The summed E-state index contributed by atoms with van der Waals surface area (Å²) in [4.78, 5) is 12.7. The maximum absolute atomic E-state index is 15.0. The minimum atomic E-state index is -1.33. The lowest BCUT2D eigenvalue weighted by Gasteiger charge is -2.34. The lowest BCUT2D eigenvalue weighted by atomic mass is 10.1. The molecule has 1 heterocycles. The first-order chi connectivity index (χ1) is 12.6. The molecular formula is C20H21Br2FN2O2. The average molecular weight is 500 g/mol. The molecule has 1 amide bonds. The van der Waals surface area contributed by atoms with E-state index in [4.69, 9.17) is 0 Å². The van der Waals surface area contributed by atoms with E-state index < -0.39 is 17.8 Å². The van der Waals surface area contributed by atoms with Gasteiger partial charge < -0.3 is 14.6 Å². The van der Waals surface area contributed by atoms with Crippen LogP contribution in [0.2, 0.25) is 0 Å². The molecule has 0 fully saturated rings. The van der Waals surface area contributed by atoms with E-state index in [0.29, 0.717) is 0 Å². The lowest BCUT2D eigenvalue weighted by Crippen LogP contribution is -2.48. The minimum absolute atomic E-state index is 0.0864. The second kappa shape index (κ2) is 7.43. The van der Waals surface area contributed by atoms with Gasteiger partial charge in [0.15, 0.2) is 0 Å². The van der Waals surface area contributed by atoms with Gasteiger partial charge in [-0.3, -0.25) is 0 Å². The van der Waals surface area contributed by atoms with Gasteiger partial charge in [-0.15, -0.1) is 0 Å². The van der Waals surface area contributed by atoms with Crippen LogP contribution in [0.1, 0.15) is 20.8 Å². The summed E-state index contributed by atoms with van der Waals surface area (Å²) in [5.41, 5.74) is 1.19. The van der Waals surface area contributed by atoms with Crippen LogP contribution in [0, 0.1) is 0 Å². The number of hydrogen-bond donors (Lipinski definition) is 1. The number of alkyl halides is 1. The predicted octanol–water partition coefficient (Wildman–Crippen LogP) is 6.44. The molecule has 0 aliphatic heterocycles. The molecule has 3 aromatic rings. The van der Waals surface area contributed by atoms with Gasteiger partial charge in [0.2, 0.25) is 0 Å². The Labute approximate surface area is 174 Å². The standard InChI is InChI=1S/C20H21Br2FN2O2/c1-20(2,3)25(19(26)27)11-14(23)10-24-17-6-4-12(21)8-15(17)16-9-13(22)5-7-18(16)24/h4-9,14H,10-11H2,1-3H3,(H,26,27). The molecule has 1 N–H and O–H groups in total. The van der Waals surface area contributed by atoms with Crippen molar-refractivity contribution in [1.29, 1.82) is 0 Å². The Balaban J connectivity index is 2.02. The molecule has 1 aromatic heterocycles.